The fourth-order valence-electron chi connectivity index (χ4n) is 3.97. The molecule has 1 amide bonds. The van der Waals surface area contributed by atoms with E-state index in [4.69, 9.17) is 10.5 Å². The van der Waals surface area contributed by atoms with Gasteiger partial charge in [-0.2, -0.15) is 0 Å². The van der Waals surface area contributed by atoms with E-state index in [0.717, 1.165) is 29.7 Å². The average Bonchev–Trinajstić information content (AvgIpc) is 2.91. The number of thiophene rings is 1. The molecule has 1 aromatic heterocycles. The maximum Gasteiger partial charge on any atom is 0.241 e. The third kappa shape index (κ3) is 2.44. The molecule has 1 aliphatic heterocycles. The smallest absolute Gasteiger partial charge is 0.241 e. The molecule has 1 saturated heterocycles. The van der Waals surface area contributed by atoms with Crippen LogP contribution >= 0.6 is 27.3 Å². The molecule has 3 unspecified atom stereocenters. The summed E-state index contributed by atoms with van der Waals surface area (Å²) in [5, 5.41) is 3.04. The molecule has 2 aliphatic rings. The quantitative estimate of drug-likeness (QED) is 0.835. The fourth-order valence-corrected chi connectivity index (χ4v) is 5.45. The van der Waals surface area contributed by atoms with Gasteiger partial charge >= 0.3 is 0 Å². The van der Waals surface area contributed by atoms with Crippen LogP contribution in [0.2, 0.25) is 0 Å². The minimum atomic E-state index is -0.811. The number of amides is 1. The van der Waals surface area contributed by atoms with E-state index in [1.54, 1.807) is 11.3 Å². The van der Waals surface area contributed by atoms with E-state index in [2.05, 4.69) is 41.2 Å². The lowest BCUT2D eigenvalue weighted by Gasteiger charge is -2.65. The van der Waals surface area contributed by atoms with Gasteiger partial charge in [0, 0.05) is 29.4 Å². The van der Waals surface area contributed by atoms with E-state index in [1.165, 1.54) is 4.88 Å². The van der Waals surface area contributed by atoms with Crippen LogP contribution in [0.15, 0.2) is 15.9 Å². The Morgan fingerprint density at radius 3 is 3.00 bits per heavy atom. The number of hydrogen-bond donors (Lipinski definition) is 2. The third-order valence-corrected chi connectivity index (χ3v) is 7.03. The van der Waals surface area contributed by atoms with Gasteiger partial charge in [0.1, 0.15) is 5.54 Å². The molecule has 22 heavy (non-hydrogen) atoms. The van der Waals surface area contributed by atoms with Gasteiger partial charge in [0.25, 0.3) is 0 Å². The molecule has 3 rings (SSSR count). The zero-order chi connectivity index (χ0) is 16.0. The Balaban J connectivity index is 1.61. The summed E-state index contributed by atoms with van der Waals surface area (Å²) in [6, 6.07) is 4.11. The summed E-state index contributed by atoms with van der Waals surface area (Å²) in [5.74, 6) is 0.118. The van der Waals surface area contributed by atoms with Gasteiger partial charge < -0.3 is 15.8 Å². The number of rotatable bonds is 4. The molecular formula is C16H23BrN2O2S. The first-order chi connectivity index (χ1) is 10.4. The number of nitrogens with two attached hydrogens (primary N) is 1. The van der Waals surface area contributed by atoms with Crippen molar-refractivity contribution in [1.29, 1.82) is 0 Å². The molecule has 1 aliphatic carbocycles. The van der Waals surface area contributed by atoms with Crippen molar-refractivity contribution < 1.29 is 9.53 Å². The van der Waals surface area contributed by atoms with Crippen LogP contribution in [-0.2, 0) is 16.0 Å². The van der Waals surface area contributed by atoms with Crippen LogP contribution in [0.25, 0.3) is 0 Å². The Bertz CT molecular complexity index is 574. The summed E-state index contributed by atoms with van der Waals surface area (Å²) in [4.78, 5) is 14.0. The number of hydrogen-bond acceptors (Lipinski definition) is 4. The third-order valence-electron chi connectivity index (χ3n) is 5.35. The lowest BCUT2D eigenvalue weighted by molar-refractivity contribution is -0.225. The van der Waals surface area contributed by atoms with E-state index >= 15 is 0 Å². The van der Waals surface area contributed by atoms with E-state index in [9.17, 15) is 4.79 Å². The van der Waals surface area contributed by atoms with Crippen molar-refractivity contribution in [2.75, 3.05) is 13.2 Å². The molecule has 3 atom stereocenters. The average molecular weight is 387 g/mol. The maximum absolute atomic E-state index is 12.7. The molecule has 0 radical (unpaired) electrons. The molecule has 6 heteroatoms. The molecule has 3 N–H and O–H groups in total. The van der Waals surface area contributed by atoms with E-state index in [1.807, 2.05) is 6.07 Å². The largest absolute Gasteiger partial charge is 0.377 e. The first-order valence-corrected chi connectivity index (χ1v) is 9.41. The number of fused-ring (bicyclic) bond motifs is 1. The number of halogens is 1. The van der Waals surface area contributed by atoms with Gasteiger partial charge in [-0.3, -0.25) is 4.79 Å². The summed E-state index contributed by atoms with van der Waals surface area (Å²) in [5.41, 5.74) is 5.44. The van der Waals surface area contributed by atoms with Crippen LogP contribution in [0.3, 0.4) is 0 Å². The van der Waals surface area contributed by atoms with Crippen LogP contribution in [0.4, 0.5) is 0 Å². The molecule has 1 saturated carbocycles. The number of carbonyl (C=O) groups excluding carboxylic acids is 1. The molecule has 2 fully saturated rings. The topological polar surface area (TPSA) is 64.3 Å². The SMILES string of the molecule is CC1(C)C2OCCCC2C1(N)C(=O)NCCc1ccc(Br)s1. The van der Waals surface area contributed by atoms with Crippen molar-refractivity contribution in [1.82, 2.24) is 5.32 Å². The van der Waals surface area contributed by atoms with Crippen molar-refractivity contribution in [3.63, 3.8) is 0 Å². The van der Waals surface area contributed by atoms with E-state index in [-0.39, 0.29) is 23.3 Å². The second kappa shape index (κ2) is 5.89. The second-order valence-corrected chi connectivity index (χ2v) is 9.39. The van der Waals surface area contributed by atoms with Crippen molar-refractivity contribution >= 4 is 33.2 Å². The Morgan fingerprint density at radius 2 is 2.32 bits per heavy atom. The molecule has 4 nitrogen and oxygen atoms in total. The zero-order valence-corrected chi connectivity index (χ0v) is 15.4. The molecule has 122 valence electrons. The van der Waals surface area contributed by atoms with Crippen LogP contribution in [0, 0.1) is 11.3 Å². The Morgan fingerprint density at radius 1 is 1.55 bits per heavy atom. The van der Waals surface area contributed by atoms with Crippen molar-refractivity contribution in [3.8, 4) is 0 Å². The summed E-state index contributed by atoms with van der Waals surface area (Å²) in [6.45, 7) is 5.51. The fraction of sp³-hybridized carbons (Fsp3) is 0.688. The number of nitrogens with one attached hydrogen (secondary N) is 1. The standard InChI is InChI=1S/C16H23BrN2O2S/c1-15(2)13-11(4-3-9-21-13)16(15,18)14(20)19-8-7-10-5-6-12(17)22-10/h5-6,11,13H,3-4,7-9,18H2,1-2H3,(H,19,20). The zero-order valence-electron chi connectivity index (χ0n) is 13.0. The van der Waals surface area contributed by atoms with Crippen molar-refractivity contribution in [2.24, 2.45) is 17.1 Å². The highest BCUT2D eigenvalue weighted by Gasteiger charge is 2.70. The second-order valence-electron chi connectivity index (χ2n) is 6.84. The molecular weight excluding hydrogens is 364 g/mol. The van der Waals surface area contributed by atoms with Crippen LogP contribution < -0.4 is 11.1 Å². The highest BCUT2D eigenvalue weighted by atomic mass is 79.9. The van der Waals surface area contributed by atoms with Gasteiger partial charge in [0.2, 0.25) is 5.91 Å². The van der Waals surface area contributed by atoms with Gasteiger partial charge in [-0.1, -0.05) is 13.8 Å². The lowest BCUT2D eigenvalue weighted by atomic mass is 9.46. The predicted octanol–water partition coefficient (Wildman–Crippen LogP) is 2.70. The number of ether oxygens (including phenoxy) is 1. The van der Waals surface area contributed by atoms with E-state index < -0.39 is 5.54 Å². The van der Waals surface area contributed by atoms with Gasteiger partial charge in [0.15, 0.2) is 0 Å². The Labute approximate surface area is 143 Å². The highest BCUT2D eigenvalue weighted by Crippen LogP contribution is 2.57. The number of carbonyl (C=O) groups is 1. The van der Waals surface area contributed by atoms with E-state index in [0.29, 0.717) is 6.54 Å². The van der Waals surface area contributed by atoms with Gasteiger partial charge in [-0.05, 0) is 47.3 Å². The monoisotopic (exact) mass is 386 g/mol. The van der Waals surface area contributed by atoms with Crippen LogP contribution in [-0.4, -0.2) is 30.7 Å². The summed E-state index contributed by atoms with van der Waals surface area (Å²) in [6.07, 6.45) is 2.93. The molecule has 0 bridgehead atoms. The first-order valence-electron chi connectivity index (χ1n) is 7.80. The van der Waals surface area contributed by atoms with Crippen LogP contribution in [0.5, 0.6) is 0 Å². The van der Waals surface area contributed by atoms with Gasteiger partial charge in [0.05, 0.1) is 9.89 Å². The molecule has 1 aromatic rings. The predicted molar refractivity (Wildman–Crippen MR) is 91.9 cm³/mol. The maximum atomic E-state index is 12.7. The molecule has 2 heterocycles. The summed E-state index contributed by atoms with van der Waals surface area (Å²) >= 11 is 5.15. The van der Waals surface area contributed by atoms with Crippen molar-refractivity contribution in [2.45, 2.75) is 44.8 Å². The first kappa shape index (κ1) is 16.4. The van der Waals surface area contributed by atoms with Gasteiger partial charge in [-0.15, -0.1) is 11.3 Å². The highest BCUT2D eigenvalue weighted by molar-refractivity contribution is 9.11. The minimum Gasteiger partial charge on any atom is -0.377 e. The molecule has 0 aromatic carbocycles. The van der Waals surface area contributed by atoms with Crippen LogP contribution in [0.1, 0.15) is 31.6 Å². The van der Waals surface area contributed by atoms with Crippen molar-refractivity contribution in [3.05, 3.63) is 20.8 Å². The molecule has 0 spiro atoms. The summed E-state index contributed by atoms with van der Waals surface area (Å²) in [7, 11) is 0. The Hall–Kier alpha value is -0.430. The minimum absolute atomic E-state index is 0.0279. The summed E-state index contributed by atoms with van der Waals surface area (Å²) < 4.78 is 6.97. The van der Waals surface area contributed by atoms with Gasteiger partial charge in [-0.25, -0.2) is 0 Å². The Kier molecular flexibility index (Phi) is 4.40. The lowest BCUT2D eigenvalue weighted by Crippen LogP contribution is -2.82. The normalized spacial score (nSPS) is 32.9.